The fourth-order valence-corrected chi connectivity index (χ4v) is 2.77. The van der Waals surface area contributed by atoms with Crippen LogP contribution in [0.5, 0.6) is 0 Å². The van der Waals surface area contributed by atoms with Crippen LogP contribution in [0.4, 0.5) is 0 Å². The van der Waals surface area contributed by atoms with E-state index < -0.39 is 7.37 Å². The molecule has 0 bridgehead atoms. The molecule has 0 rings (SSSR count). The molecule has 12 heavy (non-hydrogen) atoms. The van der Waals surface area contributed by atoms with E-state index in [-0.39, 0.29) is 29.6 Å². The van der Waals surface area contributed by atoms with Crippen molar-refractivity contribution in [2.24, 2.45) is 0 Å². The van der Waals surface area contributed by atoms with E-state index in [9.17, 15) is 9.46 Å². The summed E-state index contributed by atoms with van der Waals surface area (Å²) in [5.74, 6) is 0. The van der Waals surface area contributed by atoms with Crippen molar-refractivity contribution in [3.63, 3.8) is 0 Å². The first kappa shape index (κ1) is 15.7. The third kappa shape index (κ3) is 9.28. The molecule has 0 amide bonds. The molecule has 0 fully saturated rings. The third-order valence-corrected chi connectivity index (χ3v) is 3.75. The maximum atomic E-state index is 11.3. The molecule has 0 unspecified atom stereocenters. The summed E-state index contributed by atoms with van der Waals surface area (Å²) >= 11 is 0. The van der Waals surface area contributed by atoms with Crippen LogP contribution in [0.15, 0.2) is 0 Å². The van der Waals surface area contributed by atoms with Gasteiger partial charge >= 0.3 is 29.6 Å². The molecule has 0 radical (unpaired) electrons. The van der Waals surface area contributed by atoms with Crippen molar-refractivity contribution >= 4 is 36.9 Å². The number of hydrogen-bond donors (Lipinski definition) is 1. The molecule has 0 saturated heterocycles. The summed E-state index contributed by atoms with van der Waals surface area (Å²) < 4.78 is 11.3. The van der Waals surface area contributed by atoms with Crippen molar-refractivity contribution in [1.29, 1.82) is 0 Å². The van der Waals surface area contributed by atoms with Gasteiger partial charge in [-0.25, -0.2) is 0 Å². The minimum atomic E-state index is -2.73. The van der Waals surface area contributed by atoms with Crippen LogP contribution in [0.3, 0.4) is 0 Å². The Bertz CT molecular complexity index is 127. The standard InChI is InChI=1S/C8H19O2P.Na.H/c1-3-5-7-11(9,10)8-6-4-2;;/h3-8H2,1-2H3,(H,9,10);;. The van der Waals surface area contributed by atoms with E-state index in [1.165, 1.54) is 0 Å². The molecule has 0 aromatic carbocycles. The van der Waals surface area contributed by atoms with Crippen LogP contribution < -0.4 is 0 Å². The van der Waals surface area contributed by atoms with Crippen LogP contribution in [0.1, 0.15) is 39.5 Å². The predicted octanol–water partition coefficient (Wildman–Crippen LogP) is 2.21. The molecule has 70 valence electrons. The molecule has 0 spiro atoms. The summed E-state index contributed by atoms with van der Waals surface area (Å²) in [6.07, 6.45) is 4.83. The van der Waals surface area contributed by atoms with Crippen LogP contribution in [-0.2, 0) is 4.57 Å². The topological polar surface area (TPSA) is 37.3 Å². The van der Waals surface area contributed by atoms with Gasteiger partial charge in [0.25, 0.3) is 0 Å². The monoisotopic (exact) mass is 202 g/mol. The Morgan fingerprint density at radius 3 is 1.67 bits per heavy atom. The first-order valence-corrected chi connectivity index (χ1v) is 6.46. The van der Waals surface area contributed by atoms with Crippen molar-refractivity contribution < 1.29 is 9.46 Å². The predicted molar refractivity (Wildman–Crippen MR) is 56.5 cm³/mol. The second-order valence-corrected chi connectivity index (χ2v) is 5.59. The molecule has 0 aliphatic rings. The fraction of sp³-hybridized carbons (Fsp3) is 1.00. The van der Waals surface area contributed by atoms with Gasteiger partial charge in [-0.05, 0) is 12.8 Å². The second kappa shape index (κ2) is 8.77. The second-order valence-electron chi connectivity index (χ2n) is 3.00. The number of rotatable bonds is 6. The van der Waals surface area contributed by atoms with Gasteiger partial charge in [-0.1, -0.05) is 26.7 Å². The van der Waals surface area contributed by atoms with E-state index in [1.54, 1.807) is 0 Å². The van der Waals surface area contributed by atoms with E-state index in [1.807, 2.05) is 13.8 Å². The van der Waals surface area contributed by atoms with Crippen LogP contribution in [0.2, 0.25) is 0 Å². The van der Waals surface area contributed by atoms with Crippen molar-refractivity contribution in [1.82, 2.24) is 0 Å². The van der Waals surface area contributed by atoms with E-state index in [0.717, 1.165) is 25.7 Å². The molecule has 0 aliphatic carbocycles. The molecular weight excluding hydrogens is 182 g/mol. The molecule has 1 N–H and O–H groups in total. The van der Waals surface area contributed by atoms with Crippen LogP contribution in [0, 0.1) is 0 Å². The van der Waals surface area contributed by atoms with Gasteiger partial charge in [0.1, 0.15) is 0 Å². The van der Waals surface area contributed by atoms with Crippen molar-refractivity contribution in [3.05, 3.63) is 0 Å². The van der Waals surface area contributed by atoms with Crippen molar-refractivity contribution in [3.8, 4) is 0 Å². The van der Waals surface area contributed by atoms with Gasteiger partial charge in [0.05, 0.1) is 0 Å². The maximum absolute atomic E-state index is 11.3. The summed E-state index contributed by atoms with van der Waals surface area (Å²) in [5, 5.41) is 0. The Hall–Kier alpha value is 1.19. The Kier molecular flexibility index (Phi) is 11.4. The SMILES string of the molecule is CCCCP(=O)(O)CCCC.[NaH]. The molecule has 0 heterocycles. The van der Waals surface area contributed by atoms with Gasteiger partial charge in [-0.3, -0.25) is 4.57 Å². The molecule has 0 saturated carbocycles. The summed E-state index contributed by atoms with van der Waals surface area (Å²) in [4.78, 5) is 9.33. The first-order valence-electron chi connectivity index (χ1n) is 4.43. The minimum absolute atomic E-state index is 0. The summed E-state index contributed by atoms with van der Waals surface area (Å²) in [6.45, 7) is 4.08. The van der Waals surface area contributed by atoms with Gasteiger partial charge in [-0.2, -0.15) is 0 Å². The zero-order valence-electron chi connectivity index (χ0n) is 7.55. The van der Waals surface area contributed by atoms with Crippen molar-refractivity contribution in [2.45, 2.75) is 39.5 Å². The molecule has 0 aromatic rings. The number of unbranched alkanes of at least 4 members (excludes halogenated alkanes) is 2. The quantitative estimate of drug-likeness (QED) is 0.529. The fourth-order valence-electron chi connectivity index (χ4n) is 0.922. The average molecular weight is 202 g/mol. The van der Waals surface area contributed by atoms with Gasteiger partial charge < -0.3 is 4.89 Å². The average Bonchev–Trinajstić information content (AvgIpc) is 1.97. The first-order chi connectivity index (χ1) is 5.12. The molecule has 0 atom stereocenters. The molecule has 0 aromatic heterocycles. The summed E-state index contributed by atoms with van der Waals surface area (Å²) in [5.41, 5.74) is 0. The number of hydrogen-bond acceptors (Lipinski definition) is 1. The Morgan fingerprint density at radius 2 is 1.42 bits per heavy atom. The molecule has 2 nitrogen and oxygen atoms in total. The Morgan fingerprint density at radius 1 is 1.08 bits per heavy atom. The zero-order valence-corrected chi connectivity index (χ0v) is 8.44. The summed E-state index contributed by atoms with van der Waals surface area (Å²) in [7, 11) is -2.73. The van der Waals surface area contributed by atoms with Crippen LogP contribution in [0.25, 0.3) is 0 Å². The van der Waals surface area contributed by atoms with Crippen molar-refractivity contribution in [2.75, 3.05) is 12.3 Å². The van der Waals surface area contributed by atoms with Gasteiger partial charge in [-0.15, -0.1) is 0 Å². The van der Waals surface area contributed by atoms with Gasteiger partial charge in [0, 0.05) is 12.3 Å². The van der Waals surface area contributed by atoms with E-state index in [4.69, 9.17) is 0 Å². The molecular formula is C8H20NaO2P. The van der Waals surface area contributed by atoms with E-state index >= 15 is 0 Å². The van der Waals surface area contributed by atoms with E-state index in [2.05, 4.69) is 0 Å². The molecule has 0 aliphatic heterocycles. The van der Waals surface area contributed by atoms with Gasteiger partial charge in [0.15, 0.2) is 0 Å². The Labute approximate surface area is 97.9 Å². The third-order valence-electron chi connectivity index (χ3n) is 1.72. The molecule has 4 heteroatoms. The van der Waals surface area contributed by atoms with Crippen LogP contribution >= 0.6 is 7.37 Å². The van der Waals surface area contributed by atoms with Crippen LogP contribution in [-0.4, -0.2) is 46.8 Å². The Balaban J connectivity index is 0. The summed E-state index contributed by atoms with van der Waals surface area (Å²) in [6, 6.07) is 0. The van der Waals surface area contributed by atoms with E-state index in [0.29, 0.717) is 12.3 Å². The zero-order chi connectivity index (χ0) is 8.74. The van der Waals surface area contributed by atoms with Gasteiger partial charge in [0.2, 0.25) is 7.37 Å². The normalized spacial score (nSPS) is 10.9.